The minimum absolute atomic E-state index is 0.220. The minimum atomic E-state index is -0.435. The fourth-order valence-corrected chi connectivity index (χ4v) is 1.71. The molecule has 0 unspecified atom stereocenters. The van der Waals surface area contributed by atoms with Crippen LogP contribution in [0.2, 0.25) is 5.02 Å². The van der Waals surface area contributed by atoms with Crippen molar-refractivity contribution >= 4 is 23.7 Å². The van der Waals surface area contributed by atoms with Crippen molar-refractivity contribution < 1.29 is 15.0 Å². The predicted octanol–water partition coefficient (Wildman–Crippen LogP) is 2.52. The van der Waals surface area contributed by atoms with Gasteiger partial charge < -0.3 is 10.2 Å². The Kier molecular flexibility index (Phi) is 4.22. The van der Waals surface area contributed by atoms with Gasteiger partial charge in [-0.15, -0.1) is 0 Å². The molecule has 2 aromatic carbocycles. The Morgan fingerprint density at radius 2 is 1.90 bits per heavy atom. The molecule has 0 saturated heterocycles. The van der Waals surface area contributed by atoms with Crippen molar-refractivity contribution in [3.05, 3.63) is 58.6 Å². The largest absolute Gasteiger partial charge is 0.504 e. The third kappa shape index (κ3) is 3.27. The average Bonchev–Trinajstić information content (AvgIpc) is 2.43. The molecule has 0 saturated carbocycles. The maximum Gasteiger partial charge on any atom is 0.272 e. The third-order valence-corrected chi connectivity index (χ3v) is 2.83. The molecule has 0 aliphatic heterocycles. The van der Waals surface area contributed by atoms with Gasteiger partial charge in [0.05, 0.1) is 16.8 Å². The van der Waals surface area contributed by atoms with Crippen molar-refractivity contribution in [1.29, 1.82) is 0 Å². The van der Waals surface area contributed by atoms with Crippen LogP contribution in [-0.2, 0) is 0 Å². The minimum Gasteiger partial charge on any atom is -0.504 e. The van der Waals surface area contributed by atoms with Crippen molar-refractivity contribution in [2.45, 2.75) is 0 Å². The fraction of sp³-hybridized carbons (Fsp3) is 0. The topological polar surface area (TPSA) is 81.9 Å². The Morgan fingerprint density at radius 1 is 1.15 bits per heavy atom. The van der Waals surface area contributed by atoms with Crippen LogP contribution < -0.4 is 5.43 Å². The van der Waals surface area contributed by atoms with Crippen LogP contribution in [0.4, 0.5) is 0 Å². The first-order valence-corrected chi connectivity index (χ1v) is 6.05. The van der Waals surface area contributed by atoms with Crippen molar-refractivity contribution in [2.24, 2.45) is 5.10 Å². The van der Waals surface area contributed by atoms with Gasteiger partial charge in [0.2, 0.25) is 0 Å². The zero-order valence-corrected chi connectivity index (χ0v) is 11.0. The maximum absolute atomic E-state index is 11.8. The number of nitrogens with zero attached hydrogens (tertiary/aromatic N) is 1. The Morgan fingerprint density at radius 3 is 2.60 bits per heavy atom. The van der Waals surface area contributed by atoms with Crippen LogP contribution in [0.1, 0.15) is 15.9 Å². The monoisotopic (exact) mass is 290 g/mol. The number of hydrogen-bond acceptors (Lipinski definition) is 4. The Hall–Kier alpha value is -2.53. The van der Waals surface area contributed by atoms with Gasteiger partial charge in [-0.2, -0.15) is 5.10 Å². The van der Waals surface area contributed by atoms with Crippen LogP contribution in [0.3, 0.4) is 0 Å². The van der Waals surface area contributed by atoms with E-state index in [1.54, 1.807) is 30.3 Å². The first kappa shape index (κ1) is 13.9. The highest BCUT2D eigenvalue weighted by molar-refractivity contribution is 6.33. The van der Waals surface area contributed by atoms with Gasteiger partial charge in [0.1, 0.15) is 0 Å². The van der Waals surface area contributed by atoms with Crippen molar-refractivity contribution in [2.75, 3.05) is 0 Å². The summed E-state index contributed by atoms with van der Waals surface area (Å²) in [5.74, 6) is -0.913. The molecule has 6 heteroatoms. The van der Waals surface area contributed by atoms with Gasteiger partial charge in [0.25, 0.3) is 5.91 Å². The van der Waals surface area contributed by atoms with Crippen LogP contribution in [0.5, 0.6) is 11.5 Å². The molecule has 2 aromatic rings. The molecule has 0 aromatic heterocycles. The molecule has 0 fully saturated rings. The second kappa shape index (κ2) is 6.08. The van der Waals surface area contributed by atoms with Gasteiger partial charge in [-0.1, -0.05) is 23.7 Å². The molecule has 0 heterocycles. The van der Waals surface area contributed by atoms with Gasteiger partial charge in [-0.05, 0) is 35.9 Å². The van der Waals surface area contributed by atoms with E-state index >= 15 is 0 Å². The number of phenols is 2. The number of amides is 1. The van der Waals surface area contributed by atoms with E-state index in [1.807, 2.05) is 0 Å². The summed E-state index contributed by atoms with van der Waals surface area (Å²) in [7, 11) is 0. The number of halogens is 1. The van der Waals surface area contributed by atoms with Crippen LogP contribution >= 0.6 is 11.6 Å². The summed E-state index contributed by atoms with van der Waals surface area (Å²) in [5.41, 5.74) is 3.17. The van der Waals surface area contributed by atoms with E-state index < -0.39 is 5.91 Å². The van der Waals surface area contributed by atoms with Crippen molar-refractivity contribution in [3.63, 3.8) is 0 Å². The molecule has 3 N–H and O–H groups in total. The molecule has 0 atom stereocenters. The molecule has 0 bridgehead atoms. The lowest BCUT2D eigenvalue weighted by Gasteiger charge is -2.02. The quantitative estimate of drug-likeness (QED) is 0.461. The molecule has 5 nitrogen and oxygen atoms in total. The third-order valence-electron chi connectivity index (χ3n) is 2.50. The zero-order chi connectivity index (χ0) is 14.5. The highest BCUT2D eigenvalue weighted by atomic mass is 35.5. The molecule has 1 amide bonds. The number of hydrogen-bond donors (Lipinski definition) is 3. The van der Waals surface area contributed by atoms with Crippen LogP contribution in [0, 0.1) is 0 Å². The second-order valence-electron chi connectivity index (χ2n) is 3.93. The molecular formula is C14H11ClN2O3. The normalized spacial score (nSPS) is 10.7. The van der Waals surface area contributed by atoms with Gasteiger partial charge in [-0.3, -0.25) is 4.79 Å². The number of benzene rings is 2. The summed E-state index contributed by atoms with van der Waals surface area (Å²) in [6, 6.07) is 10.8. The second-order valence-corrected chi connectivity index (χ2v) is 4.33. The zero-order valence-electron chi connectivity index (χ0n) is 10.2. The van der Waals surface area contributed by atoms with E-state index in [-0.39, 0.29) is 11.5 Å². The summed E-state index contributed by atoms with van der Waals surface area (Å²) in [5, 5.41) is 22.6. The summed E-state index contributed by atoms with van der Waals surface area (Å²) in [6.45, 7) is 0. The van der Waals surface area contributed by atoms with Crippen LogP contribution in [-0.4, -0.2) is 22.3 Å². The molecule has 0 aliphatic carbocycles. The number of aromatic hydroxyl groups is 2. The number of rotatable bonds is 3. The van der Waals surface area contributed by atoms with Crippen molar-refractivity contribution in [3.8, 4) is 11.5 Å². The molecule has 0 aliphatic rings. The highest BCUT2D eigenvalue weighted by Crippen LogP contribution is 2.23. The molecule has 0 spiro atoms. The van der Waals surface area contributed by atoms with E-state index in [0.717, 1.165) is 0 Å². The van der Waals surface area contributed by atoms with E-state index in [9.17, 15) is 9.90 Å². The summed E-state index contributed by atoms with van der Waals surface area (Å²) < 4.78 is 0. The average molecular weight is 291 g/mol. The van der Waals surface area contributed by atoms with Crippen molar-refractivity contribution in [1.82, 2.24) is 5.43 Å². The van der Waals surface area contributed by atoms with Gasteiger partial charge in [0.15, 0.2) is 11.5 Å². The Bertz CT molecular complexity index is 671. The lowest BCUT2D eigenvalue weighted by molar-refractivity contribution is 0.0955. The number of nitrogens with one attached hydrogen (secondary N) is 1. The number of hydrazone groups is 1. The first-order valence-electron chi connectivity index (χ1n) is 5.68. The maximum atomic E-state index is 11.8. The van der Waals surface area contributed by atoms with Gasteiger partial charge in [0, 0.05) is 0 Å². The highest BCUT2D eigenvalue weighted by Gasteiger charge is 2.07. The summed E-state index contributed by atoms with van der Waals surface area (Å²) in [4.78, 5) is 11.8. The smallest absolute Gasteiger partial charge is 0.272 e. The Balaban J connectivity index is 2.05. The summed E-state index contributed by atoms with van der Waals surface area (Å²) >= 11 is 5.88. The SMILES string of the molecule is O=C(N/N=C\c1ccc(O)c(O)c1)c1ccccc1Cl. The lowest BCUT2D eigenvalue weighted by atomic mass is 10.2. The molecular weight excluding hydrogens is 280 g/mol. The Labute approximate surface area is 120 Å². The van der Waals surface area contributed by atoms with E-state index in [0.29, 0.717) is 16.1 Å². The molecule has 2 rings (SSSR count). The van der Waals surface area contributed by atoms with Crippen LogP contribution in [0.25, 0.3) is 0 Å². The number of phenolic OH excluding ortho intramolecular Hbond substituents is 2. The predicted molar refractivity (Wildman–Crippen MR) is 76.3 cm³/mol. The van der Waals surface area contributed by atoms with E-state index in [1.165, 1.54) is 18.3 Å². The van der Waals surface area contributed by atoms with E-state index in [4.69, 9.17) is 16.7 Å². The number of carbonyl (C=O) groups is 1. The molecule has 0 radical (unpaired) electrons. The standard InChI is InChI=1S/C14H11ClN2O3/c15-11-4-2-1-3-10(11)14(20)17-16-8-9-5-6-12(18)13(19)7-9/h1-8,18-19H,(H,17,20)/b16-8-. The summed E-state index contributed by atoms with van der Waals surface area (Å²) in [6.07, 6.45) is 1.34. The number of carbonyl (C=O) groups excluding carboxylic acids is 1. The molecule has 102 valence electrons. The van der Waals surface area contributed by atoms with Gasteiger partial charge in [-0.25, -0.2) is 5.43 Å². The first-order chi connectivity index (χ1) is 9.58. The fourth-order valence-electron chi connectivity index (χ4n) is 1.49. The van der Waals surface area contributed by atoms with Crippen LogP contribution in [0.15, 0.2) is 47.6 Å². The van der Waals surface area contributed by atoms with E-state index in [2.05, 4.69) is 10.5 Å². The van der Waals surface area contributed by atoms with Gasteiger partial charge >= 0.3 is 0 Å². The molecule has 20 heavy (non-hydrogen) atoms. The lowest BCUT2D eigenvalue weighted by Crippen LogP contribution is -2.17.